The third-order valence-corrected chi connectivity index (χ3v) is 3.17. The van der Waals surface area contributed by atoms with Crippen molar-refractivity contribution in [3.05, 3.63) is 53.2 Å². The van der Waals surface area contributed by atoms with Crippen LogP contribution in [-0.2, 0) is 22.3 Å². The van der Waals surface area contributed by atoms with Gasteiger partial charge >= 0.3 is 12.1 Å². The van der Waals surface area contributed by atoms with Crippen LogP contribution in [0.3, 0.4) is 0 Å². The van der Waals surface area contributed by atoms with Gasteiger partial charge in [-0.1, -0.05) is 12.1 Å². The molecule has 0 N–H and O–H groups in total. The molecule has 0 spiro atoms. The van der Waals surface area contributed by atoms with Gasteiger partial charge in [-0.25, -0.2) is 9.78 Å². The van der Waals surface area contributed by atoms with E-state index in [0.29, 0.717) is 17.0 Å². The molecule has 0 amide bonds. The number of rotatable bonds is 4. The van der Waals surface area contributed by atoms with Crippen LogP contribution in [0.2, 0.25) is 0 Å². The summed E-state index contributed by atoms with van der Waals surface area (Å²) in [5.74, 6) is -0.552. The maximum absolute atomic E-state index is 12.6. The third kappa shape index (κ3) is 3.87. The molecule has 122 valence electrons. The topological polar surface area (TPSA) is 48.4 Å². The first kappa shape index (κ1) is 17.0. The number of benzene rings is 1. The van der Waals surface area contributed by atoms with E-state index >= 15 is 0 Å². The summed E-state index contributed by atoms with van der Waals surface area (Å²) in [5.41, 5.74) is 0.830. The molecule has 4 nitrogen and oxygen atoms in total. The Morgan fingerprint density at radius 1 is 1.09 bits per heavy atom. The van der Waals surface area contributed by atoms with E-state index in [2.05, 4.69) is 9.72 Å². The number of aromatic nitrogens is 1. The second-order valence-corrected chi connectivity index (χ2v) is 4.69. The zero-order valence-corrected chi connectivity index (χ0v) is 12.5. The van der Waals surface area contributed by atoms with Crippen LogP contribution in [0.25, 0.3) is 11.3 Å². The van der Waals surface area contributed by atoms with Crippen molar-refractivity contribution in [2.24, 2.45) is 0 Å². The Balaban J connectivity index is 2.40. The minimum atomic E-state index is -4.39. The van der Waals surface area contributed by atoms with E-state index in [0.717, 1.165) is 12.1 Å². The zero-order chi connectivity index (χ0) is 17.0. The summed E-state index contributed by atoms with van der Waals surface area (Å²) in [6.07, 6.45) is -4.39. The molecule has 0 bridgehead atoms. The fraction of sp³-hybridized carbons (Fsp3) is 0.250. The summed E-state index contributed by atoms with van der Waals surface area (Å²) in [5, 5.41) is 0. The van der Waals surface area contributed by atoms with Gasteiger partial charge in [0.25, 0.3) is 0 Å². The number of alkyl halides is 3. The minimum absolute atomic E-state index is 0.0823. The summed E-state index contributed by atoms with van der Waals surface area (Å²) in [6.45, 7) is 0.0823. The first-order valence-corrected chi connectivity index (χ1v) is 6.61. The average molecular weight is 325 g/mol. The molecule has 1 heterocycles. The van der Waals surface area contributed by atoms with Crippen LogP contribution in [0, 0.1) is 0 Å². The summed E-state index contributed by atoms with van der Waals surface area (Å²) < 4.78 is 47.4. The van der Waals surface area contributed by atoms with Gasteiger partial charge in [-0.05, 0) is 24.3 Å². The number of pyridine rings is 1. The van der Waals surface area contributed by atoms with Gasteiger partial charge in [0.15, 0.2) is 0 Å². The van der Waals surface area contributed by atoms with Gasteiger partial charge in [-0.2, -0.15) is 13.2 Å². The van der Waals surface area contributed by atoms with Gasteiger partial charge in [0.1, 0.15) is 0 Å². The van der Waals surface area contributed by atoms with Crippen molar-refractivity contribution >= 4 is 5.97 Å². The minimum Gasteiger partial charge on any atom is -0.465 e. The molecule has 0 unspecified atom stereocenters. The Hall–Kier alpha value is -2.41. The Morgan fingerprint density at radius 2 is 1.74 bits per heavy atom. The van der Waals surface area contributed by atoms with Gasteiger partial charge in [0.2, 0.25) is 0 Å². The number of hydrogen-bond acceptors (Lipinski definition) is 4. The standard InChI is InChI=1S/C16H14F3NO3/c1-22-9-14-12(15(21)23-2)7-8-13(20-14)10-3-5-11(6-4-10)16(17,18)19/h3-8H,9H2,1-2H3. The van der Waals surface area contributed by atoms with Gasteiger partial charge in [0, 0.05) is 12.7 Å². The highest BCUT2D eigenvalue weighted by Crippen LogP contribution is 2.30. The average Bonchev–Trinajstić information content (AvgIpc) is 2.54. The number of methoxy groups -OCH3 is 2. The van der Waals surface area contributed by atoms with Crippen LogP contribution >= 0.6 is 0 Å². The highest BCUT2D eigenvalue weighted by atomic mass is 19.4. The first-order valence-electron chi connectivity index (χ1n) is 6.61. The number of carbonyl (C=O) groups excluding carboxylic acids is 1. The van der Waals surface area contributed by atoms with E-state index in [1.807, 2.05) is 0 Å². The summed E-state index contributed by atoms with van der Waals surface area (Å²) in [6, 6.07) is 7.70. The molecule has 0 radical (unpaired) electrons. The van der Waals surface area contributed by atoms with Crippen LogP contribution < -0.4 is 0 Å². The molecular weight excluding hydrogens is 311 g/mol. The van der Waals surface area contributed by atoms with Gasteiger partial charge in [-0.15, -0.1) is 0 Å². The molecule has 0 saturated heterocycles. The molecule has 0 aliphatic rings. The lowest BCUT2D eigenvalue weighted by Gasteiger charge is -2.10. The van der Waals surface area contributed by atoms with E-state index in [-0.39, 0.29) is 12.2 Å². The number of nitrogens with zero attached hydrogens (tertiary/aromatic N) is 1. The van der Waals surface area contributed by atoms with Crippen LogP contribution in [-0.4, -0.2) is 25.2 Å². The predicted octanol–water partition coefficient (Wildman–Crippen LogP) is 3.70. The number of hydrogen-bond donors (Lipinski definition) is 0. The van der Waals surface area contributed by atoms with Gasteiger partial charge in [-0.3, -0.25) is 0 Å². The quantitative estimate of drug-likeness (QED) is 0.804. The summed E-state index contributed by atoms with van der Waals surface area (Å²) >= 11 is 0. The SMILES string of the molecule is COCc1nc(-c2ccc(C(F)(F)F)cc2)ccc1C(=O)OC. The molecule has 1 aromatic heterocycles. The normalized spacial score (nSPS) is 11.3. The predicted molar refractivity (Wildman–Crippen MR) is 76.7 cm³/mol. The van der Waals surface area contributed by atoms with Crippen molar-refractivity contribution < 1.29 is 27.4 Å². The molecule has 0 aliphatic heterocycles. The Kier molecular flexibility index (Phi) is 5.00. The fourth-order valence-electron chi connectivity index (χ4n) is 2.03. The van der Waals surface area contributed by atoms with Crippen LogP contribution in [0.5, 0.6) is 0 Å². The summed E-state index contributed by atoms with van der Waals surface area (Å²) in [4.78, 5) is 16.0. The lowest BCUT2D eigenvalue weighted by atomic mass is 10.1. The molecule has 7 heteroatoms. The maximum Gasteiger partial charge on any atom is 0.416 e. The third-order valence-electron chi connectivity index (χ3n) is 3.17. The molecule has 0 fully saturated rings. The van der Waals surface area contributed by atoms with Crippen LogP contribution in [0.15, 0.2) is 36.4 Å². The van der Waals surface area contributed by atoms with Crippen molar-refractivity contribution in [3.63, 3.8) is 0 Å². The molecule has 0 saturated carbocycles. The smallest absolute Gasteiger partial charge is 0.416 e. The molecule has 0 aliphatic carbocycles. The Labute approximate surface area is 130 Å². The number of halogens is 3. The number of esters is 1. The van der Waals surface area contributed by atoms with E-state index < -0.39 is 17.7 Å². The van der Waals surface area contributed by atoms with Gasteiger partial charge < -0.3 is 9.47 Å². The lowest BCUT2D eigenvalue weighted by Crippen LogP contribution is -2.09. The fourth-order valence-corrected chi connectivity index (χ4v) is 2.03. The Morgan fingerprint density at radius 3 is 2.26 bits per heavy atom. The number of carbonyl (C=O) groups is 1. The summed E-state index contributed by atoms with van der Waals surface area (Å²) in [7, 11) is 2.70. The van der Waals surface area contributed by atoms with Crippen LogP contribution in [0.4, 0.5) is 13.2 Å². The molecule has 23 heavy (non-hydrogen) atoms. The molecule has 0 atom stereocenters. The molecule has 2 aromatic rings. The van der Waals surface area contributed by atoms with E-state index in [4.69, 9.17) is 4.74 Å². The largest absolute Gasteiger partial charge is 0.465 e. The number of ether oxygens (including phenoxy) is 2. The van der Waals surface area contributed by atoms with E-state index in [1.54, 1.807) is 6.07 Å². The lowest BCUT2D eigenvalue weighted by molar-refractivity contribution is -0.137. The second kappa shape index (κ2) is 6.78. The van der Waals surface area contributed by atoms with Gasteiger partial charge in [0.05, 0.1) is 36.2 Å². The second-order valence-electron chi connectivity index (χ2n) is 4.69. The zero-order valence-electron chi connectivity index (χ0n) is 12.5. The van der Waals surface area contributed by atoms with Crippen LogP contribution in [0.1, 0.15) is 21.6 Å². The monoisotopic (exact) mass is 325 g/mol. The molecule has 1 aromatic carbocycles. The van der Waals surface area contributed by atoms with Crippen molar-refractivity contribution in [1.29, 1.82) is 0 Å². The van der Waals surface area contributed by atoms with Crippen molar-refractivity contribution in [2.45, 2.75) is 12.8 Å². The van der Waals surface area contributed by atoms with E-state index in [9.17, 15) is 18.0 Å². The van der Waals surface area contributed by atoms with Crippen molar-refractivity contribution in [3.8, 4) is 11.3 Å². The Bertz CT molecular complexity index is 697. The molecule has 2 rings (SSSR count). The highest BCUT2D eigenvalue weighted by Gasteiger charge is 2.30. The highest BCUT2D eigenvalue weighted by molar-refractivity contribution is 5.90. The molecular formula is C16H14F3NO3. The first-order chi connectivity index (χ1) is 10.9. The van der Waals surface area contributed by atoms with E-state index in [1.165, 1.54) is 32.4 Å². The maximum atomic E-state index is 12.6. The van der Waals surface area contributed by atoms with Crippen molar-refractivity contribution in [2.75, 3.05) is 14.2 Å². The van der Waals surface area contributed by atoms with Crippen molar-refractivity contribution in [1.82, 2.24) is 4.98 Å².